The molecule has 0 unspecified atom stereocenters. The first-order chi connectivity index (χ1) is 8.93. The van der Waals surface area contributed by atoms with E-state index in [1.807, 2.05) is 26.0 Å². The Hall–Kier alpha value is -0.400. The Bertz CT molecular complexity index is 480. The molecule has 0 saturated carbocycles. The van der Waals surface area contributed by atoms with E-state index in [1.54, 1.807) is 0 Å². The third-order valence-electron chi connectivity index (χ3n) is 2.32. The molecule has 2 N–H and O–H groups in total. The van der Waals surface area contributed by atoms with Gasteiger partial charge in [0.1, 0.15) is 0 Å². The number of hydrazone groups is 1. The SMILES string of the molecule is CC/C(C)=N\NC(=O)CNc1c(Br)cc(Br)cc1Br. The maximum Gasteiger partial charge on any atom is 0.259 e. The van der Waals surface area contributed by atoms with Gasteiger partial charge in [0, 0.05) is 19.1 Å². The maximum absolute atomic E-state index is 11.6. The van der Waals surface area contributed by atoms with Crippen molar-refractivity contribution in [1.29, 1.82) is 0 Å². The van der Waals surface area contributed by atoms with E-state index < -0.39 is 0 Å². The largest absolute Gasteiger partial charge is 0.374 e. The number of benzene rings is 1. The Kier molecular flexibility index (Phi) is 7.02. The number of halogens is 3. The lowest BCUT2D eigenvalue weighted by molar-refractivity contribution is -0.119. The Balaban J connectivity index is 2.60. The van der Waals surface area contributed by atoms with Gasteiger partial charge in [-0.2, -0.15) is 5.10 Å². The molecule has 4 nitrogen and oxygen atoms in total. The third kappa shape index (κ3) is 5.62. The van der Waals surface area contributed by atoms with Crippen molar-refractivity contribution in [2.24, 2.45) is 5.10 Å². The van der Waals surface area contributed by atoms with Gasteiger partial charge in [0.25, 0.3) is 5.91 Å². The maximum atomic E-state index is 11.6. The van der Waals surface area contributed by atoms with E-state index in [-0.39, 0.29) is 12.5 Å². The number of carbonyl (C=O) groups is 1. The Morgan fingerprint density at radius 1 is 1.26 bits per heavy atom. The number of nitrogens with one attached hydrogen (secondary N) is 2. The van der Waals surface area contributed by atoms with Gasteiger partial charge in [-0.1, -0.05) is 22.9 Å². The van der Waals surface area contributed by atoms with Crippen LogP contribution in [0.4, 0.5) is 5.69 Å². The summed E-state index contributed by atoms with van der Waals surface area (Å²) in [5.74, 6) is -0.186. The van der Waals surface area contributed by atoms with Crippen molar-refractivity contribution in [3.63, 3.8) is 0 Å². The van der Waals surface area contributed by atoms with E-state index in [4.69, 9.17) is 0 Å². The van der Waals surface area contributed by atoms with Crippen LogP contribution in [0.5, 0.6) is 0 Å². The van der Waals surface area contributed by atoms with Crippen LogP contribution in [0.25, 0.3) is 0 Å². The summed E-state index contributed by atoms with van der Waals surface area (Å²) in [6, 6.07) is 3.81. The van der Waals surface area contributed by atoms with E-state index in [1.165, 1.54) is 0 Å². The van der Waals surface area contributed by atoms with E-state index in [0.29, 0.717) is 0 Å². The molecule has 19 heavy (non-hydrogen) atoms. The Labute approximate surface area is 137 Å². The zero-order valence-electron chi connectivity index (χ0n) is 10.6. The molecule has 0 atom stereocenters. The number of hydrogen-bond acceptors (Lipinski definition) is 3. The molecular weight excluding hydrogens is 442 g/mol. The summed E-state index contributed by atoms with van der Waals surface area (Å²) in [6.07, 6.45) is 0.817. The second-order valence-corrected chi connectivity index (χ2v) is 6.46. The molecule has 1 aromatic rings. The summed E-state index contributed by atoms with van der Waals surface area (Å²) in [7, 11) is 0. The molecule has 0 bridgehead atoms. The van der Waals surface area contributed by atoms with E-state index in [0.717, 1.165) is 31.2 Å². The first-order valence-corrected chi connectivity index (χ1v) is 8.02. The van der Waals surface area contributed by atoms with Crippen molar-refractivity contribution < 1.29 is 4.79 Å². The van der Waals surface area contributed by atoms with Gasteiger partial charge < -0.3 is 5.32 Å². The molecule has 7 heteroatoms. The van der Waals surface area contributed by atoms with Crippen LogP contribution in [0.1, 0.15) is 20.3 Å². The molecule has 0 aromatic heterocycles. The summed E-state index contributed by atoms with van der Waals surface area (Å²) in [6.45, 7) is 4.01. The molecule has 0 spiro atoms. The summed E-state index contributed by atoms with van der Waals surface area (Å²) in [5, 5.41) is 7.01. The van der Waals surface area contributed by atoms with Crippen molar-refractivity contribution in [3.05, 3.63) is 25.6 Å². The van der Waals surface area contributed by atoms with Crippen LogP contribution in [0, 0.1) is 0 Å². The third-order valence-corrected chi connectivity index (χ3v) is 4.02. The van der Waals surface area contributed by atoms with Gasteiger partial charge in [0.05, 0.1) is 12.2 Å². The second-order valence-electron chi connectivity index (χ2n) is 3.83. The van der Waals surface area contributed by atoms with Crippen LogP contribution in [0.15, 0.2) is 30.7 Å². The number of hydrogen-bond donors (Lipinski definition) is 2. The van der Waals surface area contributed by atoms with Gasteiger partial charge in [0.15, 0.2) is 0 Å². The van der Waals surface area contributed by atoms with Crippen LogP contribution in [-0.4, -0.2) is 18.2 Å². The minimum atomic E-state index is -0.186. The van der Waals surface area contributed by atoms with Gasteiger partial charge >= 0.3 is 0 Å². The average Bonchev–Trinajstić information content (AvgIpc) is 2.34. The Morgan fingerprint density at radius 2 is 1.84 bits per heavy atom. The highest BCUT2D eigenvalue weighted by Crippen LogP contribution is 2.34. The van der Waals surface area contributed by atoms with Gasteiger partial charge in [-0.05, 0) is 57.3 Å². The Morgan fingerprint density at radius 3 is 2.37 bits per heavy atom. The van der Waals surface area contributed by atoms with Crippen molar-refractivity contribution in [2.45, 2.75) is 20.3 Å². The summed E-state index contributed by atoms with van der Waals surface area (Å²) < 4.78 is 2.69. The quantitative estimate of drug-likeness (QED) is 0.514. The number of carbonyl (C=O) groups excluding carboxylic acids is 1. The van der Waals surface area contributed by atoms with Gasteiger partial charge in [-0.25, -0.2) is 5.43 Å². The van der Waals surface area contributed by atoms with Crippen molar-refractivity contribution in [1.82, 2.24) is 5.43 Å². The van der Waals surface area contributed by atoms with Gasteiger partial charge in [-0.3, -0.25) is 4.79 Å². The smallest absolute Gasteiger partial charge is 0.259 e. The van der Waals surface area contributed by atoms with Crippen LogP contribution >= 0.6 is 47.8 Å². The zero-order chi connectivity index (χ0) is 14.4. The molecule has 0 fully saturated rings. The van der Waals surface area contributed by atoms with Crippen molar-refractivity contribution >= 4 is 65.1 Å². The standard InChI is InChI=1S/C12H14Br3N3O/c1-3-7(2)17-18-11(19)6-16-12-9(14)4-8(13)5-10(12)15/h4-5,16H,3,6H2,1-2H3,(H,18,19)/b17-7-. The molecule has 1 rings (SSSR count). The molecule has 0 radical (unpaired) electrons. The lowest BCUT2D eigenvalue weighted by Gasteiger charge is -2.10. The molecule has 1 aromatic carbocycles. The number of nitrogens with zero attached hydrogens (tertiary/aromatic N) is 1. The molecule has 0 aliphatic heterocycles. The summed E-state index contributed by atoms with van der Waals surface area (Å²) >= 11 is 10.3. The van der Waals surface area contributed by atoms with Crippen LogP contribution < -0.4 is 10.7 Å². The summed E-state index contributed by atoms with van der Waals surface area (Å²) in [4.78, 5) is 11.6. The minimum absolute atomic E-state index is 0.152. The minimum Gasteiger partial charge on any atom is -0.374 e. The molecule has 104 valence electrons. The average molecular weight is 456 g/mol. The van der Waals surface area contributed by atoms with Crippen LogP contribution in [-0.2, 0) is 4.79 Å². The molecule has 0 saturated heterocycles. The van der Waals surface area contributed by atoms with E-state index >= 15 is 0 Å². The van der Waals surface area contributed by atoms with Crippen LogP contribution in [0.2, 0.25) is 0 Å². The normalized spacial score (nSPS) is 11.3. The fraction of sp³-hybridized carbons (Fsp3) is 0.333. The van der Waals surface area contributed by atoms with Crippen molar-refractivity contribution in [2.75, 3.05) is 11.9 Å². The highest BCUT2D eigenvalue weighted by molar-refractivity contribution is 9.11. The van der Waals surface area contributed by atoms with Gasteiger partial charge in [-0.15, -0.1) is 0 Å². The molecule has 0 aliphatic carbocycles. The highest BCUT2D eigenvalue weighted by atomic mass is 79.9. The lowest BCUT2D eigenvalue weighted by atomic mass is 10.3. The molecule has 0 heterocycles. The fourth-order valence-corrected chi connectivity index (χ4v) is 3.70. The van der Waals surface area contributed by atoms with E-state index in [9.17, 15) is 4.79 Å². The molecule has 1 amide bonds. The number of rotatable bonds is 5. The monoisotopic (exact) mass is 453 g/mol. The fourth-order valence-electron chi connectivity index (χ4n) is 1.16. The zero-order valence-corrected chi connectivity index (χ0v) is 15.3. The summed E-state index contributed by atoms with van der Waals surface area (Å²) in [5.41, 5.74) is 4.22. The lowest BCUT2D eigenvalue weighted by Crippen LogP contribution is -2.26. The number of anilines is 1. The predicted molar refractivity (Wildman–Crippen MR) is 89.6 cm³/mol. The topological polar surface area (TPSA) is 53.5 Å². The predicted octanol–water partition coefficient (Wildman–Crippen LogP) is 4.29. The van der Waals surface area contributed by atoms with E-state index in [2.05, 4.69) is 63.6 Å². The second kappa shape index (κ2) is 8.01. The van der Waals surface area contributed by atoms with Crippen LogP contribution in [0.3, 0.4) is 0 Å². The molecular formula is C12H14Br3N3O. The van der Waals surface area contributed by atoms with Crippen molar-refractivity contribution in [3.8, 4) is 0 Å². The first-order valence-electron chi connectivity index (χ1n) is 5.64. The molecule has 0 aliphatic rings. The van der Waals surface area contributed by atoms with Gasteiger partial charge in [0.2, 0.25) is 0 Å². The number of amides is 1. The first kappa shape index (κ1) is 16.7. The highest BCUT2D eigenvalue weighted by Gasteiger charge is 2.08.